The van der Waals surface area contributed by atoms with Gasteiger partial charge < -0.3 is 5.73 Å². The molecule has 0 aromatic carbocycles. The third kappa shape index (κ3) is 2.28. The average molecular weight is 207 g/mol. The van der Waals surface area contributed by atoms with Crippen molar-refractivity contribution in [3.05, 3.63) is 12.2 Å². The standard InChI is InChI=1S/C14H25N/c1-3-4-13(11(2)15)10-14-7-5-12(9-14)6-8-14/h5,7,11-13H,3-4,6,8-10,15H2,1-2H3. The Hall–Kier alpha value is -0.300. The summed E-state index contributed by atoms with van der Waals surface area (Å²) in [5.74, 6) is 1.64. The van der Waals surface area contributed by atoms with Crippen LogP contribution in [0.1, 0.15) is 52.4 Å². The molecule has 2 aliphatic rings. The van der Waals surface area contributed by atoms with Crippen LogP contribution in [-0.2, 0) is 0 Å². The van der Waals surface area contributed by atoms with E-state index in [4.69, 9.17) is 5.73 Å². The fraction of sp³-hybridized carbons (Fsp3) is 0.857. The van der Waals surface area contributed by atoms with Gasteiger partial charge in [-0.05, 0) is 56.3 Å². The number of nitrogens with two attached hydrogens (primary N) is 1. The van der Waals surface area contributed by atoms with E-state index in [1.165, 1.54) is 38.5 Å². The van der Waals surface area contributed by atoms with Crippen molar-refractivity contribution in [3.63, 3.8) is 0 Å². The predicted octanol–water partition coefficient (Wildman–Crippen LogP) is 3.50. The molecular formula is C14H25N. The first-order valence-electron chi connectivity index (χ1n) is 6.60. The van der Waals surface area contributed by atoms with Crippen LogP contribution in [0.3, 0.4) is 0 Å². The van der Waals surface area contributed by atoms with Crippen LogP contribution in [0.2, 0.25) is 0 Å². The average Bonchev–Trinajstić information content (AvgIpc) is 2.76. The molecule has 0 amide bonds. The van der Waals surface area contributed by atoms with Gasteiger partial charge in [-0.15, -0.1) is 0 Å². The van der Waals surface area contributed by atoms with E-state index in [9.17, 15) is 0 Å². The van der Waals surface area contributed by atoms with Gasteiger partial charge in [0.25, 0.3) is 0 Å². The lowest BCUT2D eigenvalue weighted by Crippen LogP contribution is -2.31. The SMILES string of the molecule is CCCC(CC12C=CC(CC1)C2)C(C)N. The molecular weight excluding hydrogens is 182 g/mol. The molecule has 0 radical (unpaired) electrons. The van der Waals surface area contributed by atoms with E-state index >= 15 is 0 Å². The zero-order valence-electron chi connectivity index (χ0n) is 10.2. The molecule has 1 saturated carbocycles. The number of hydrogen-bond acceptors (Lipinski definition) is 1. The minimum absolute atomic E-state index is 0.368. The van der Waals surface area contributed by atoms with Crippen molar-refractivity contribution in [2.75, 3.05) is 0 Å². The fourth-order valence-corrected chi connectivity index (χ4v) is 3.55. The van der Waals surface area contributed by atoms with E-state index < -0.39 is 0 Å². The van der Waals surface area contributed by atoms with Crippen LogP contribution >= 0.6 is 0 Å². The van der Waals surface area contributed by atoms with Crippen LogP contribution in [0.15, 0.2) is 12.2 Å². The Kier molecular flexibility index (Phi) is 3.20. The van der Waals surface area contributed by atoms with Crippen molar-refractivity contribution in [1.29, 1.82) is 0 Å². The Morgan fingerprint density at radius 1 is 1.53 bits per heavy atom. The molecule has 0 aromatic heterocycles. The zero-order valence-corrected chi connectivity index (χ0v) is 10.2. The van der Waals surface area contributed by atoms with Crippen molar-refractivity contribution in [3.8, 4) is 0 Å². The molecule has 0 heterocycles. The Labute approximate surface area is 94.1 Å². The highest BCUT2D eigenvalue weighted by atomic mass is 14.6. The number of hydrogen-bond donors (Lipinski definition) is 1. The molecule has 0 aliphatic heterocycles. The van der Waals surface area contributed by atoms with E-state index in [1.54, 1.807) is 0 Å². The molecule has 0 spiro atoms. The Bertz CT molecular complexity index is 244. The van der Waals surface area contributed by atoms with Gasteiger partial charge in [-0.3, -0.25) is 0 Å². The van der Waals surface area contributed by atoms with E-state index in [0.717, 1.165) is 11.8 Å². The highest BCUT2D eigenvalue weighted by molar-refractivity contribution is 5.16. The summed E-state index contributed by atoms with van der Waals surface area (Å²) in [6, 6.07) is 0.368. The molecule has 1 fully saturated rings. The highest BCUT2D eigenvalue weighted by Crippen LogP contribution is 2.53. The molecule has 15 heavy (non-hydrogen) atoms. The van der Waals surface area contributed by atoms with Crippen molar-refractivity contribution in [2.45, 2.75) is 58.4 Å². The van der Waals surface area contributed by atoms with Gasteiger partial charge in [0.2, 0.25) is 0 Å². The summed E-state index contributed by atoms with van der Waals surface area (Å²) in [6.45, 7) is 4.46. The van der Waals surface area contributed by atoms with Gasteiger partial charge in [-0.1, -0.05) is 25.5 Å². The lowest BCUT2D eigenvalue weighted by Gasteiger charge is -2.31. The molecule has 4 atom stereocenters. The lowest BCUT2D eigenvalue weighted by atomic mass is 9.75. The van der Waals surface area contributed by atoms with Gasteiger partial charge in [0, 0.05) is 6.04 Å². The minimum atomic E-state index is 0.368. The van der Waals surface area contributed by atoms with Crippen LogP contribution < -0.4 is 5.73 Å². The highest BCUT2D eigenvalue weighted by Gasteiger charge is 2.41. The molecule has 1 nitrogen and oxygen atoms in total. The molecule has 2 N–H and O–H groups in total. The first kappa shape index (κ1) is 11.2. The van der Waals surface area contributed by atoms with E-state index in [1.807, 2.05) is 0 Å². The molecule has 2 rings (SSSR count). The van der Waals surface area contributed by atoms with Gasteiger partial charge in [0.15, 0.2) is 0 Å². The van der Waals surface area contributed by atoms with E-state index in [2.05, 4.69) is 26.0 Å². The summed E-state index contributed by atoms with van der Waals surface area (Å²) < 4.78 is 0. The van der Waals surface area contributed by atoms with Crippen LogP contribution in [0.25, 0.3) is 0 Å². The molecule has 0 aromatic rings. The summed E-state index contributed by atoms with van der Waals surface area (Å²) in [7, 11) is 0. The van der Waals surface area contributed by atoms with Crippen LogP contribution in [0, 0.1) is 17.3 Å². The summed E-state index contributed by atoms with van der Waals surface area (Å²) >= 11 is 0. The largest absolute Gasteiger partial charge is 0.328 e. The Balaban J connectivity index is 1.97. The van der Waals surface area contributed by atoms with Crippen LogP contribution in [-0.4, -0.2) is 6.04 Å². The lowest BCUT2D eigenvalue weighted by molar-refractivity contribution is 0.254. The van der Waals surface area contributed by atoms with E-state index in [0.29, 0.717) is 11.5 Å². The van der Waals surface area contributed by atoms with Gasteiger partial charge in [-0.2, -0.15) is 0 Å². The smallest absolute Gasteiger partial charge is 0.00390 e. The summed E-state index contributed by atoms with van der Waals surface area (Å²) in [4.78, 5) is 0. The van der Waals surface area contributed by atoms with Crippen molar-refractivity contribution in [2.24, 2.45) is 23.0 Å². The molecule has 4 unspecified atom stereocenters. The number of allylic oxidation sites excluding steroid dienone is 2. The van der Waals surface area contributed by atoms with Crippen LogP contribution in [0.4, 0.5) is 0 Å². The summed E-state index contributed by atoms with van der Waals surface area (Å²) in [5, 5.41) is 0. The molecule has 2 aliphatic carbocycles. The topological polar surface area (TPSA) is 26.0 Å². The zero-order chi connectivity index (χ0) is 10.9. The van der Waals surface area contributed by atoms with Crippen molar-refractivity contribution < 1.29 is 0 Å². The minimum Gasteiger partial charge on any atom is -0.328 e. The van der Waals surface area contributed by atoms with Gasteiger partial charge in [0.1, 0.15) is 0 Å². The maximum absolute atomic E-state index is 6.10. The normalized spacial score (nSPS) is 37.1. The molecule has 2 bridgehead atoms. The van der Waals surface area contributed by atoms with Gasteiger partial charge in [-0.25, -0.2) is 0 Å². The van der Waals surface area contributed by atoms with Crippen LogP contribution in [0.5, 0.6) is 0 Å². The predicted molar refractivity (Wildman–Crippen MR) is 65.6 cm³/mol. The second-order valence-corrected chi connectivity index (χ2v) is 5.84. The third-order valence-electron chi connectivity index (χ3n) is 4.48. The second-order valence-electron chi connectivity index (χ2n) is 5.84. The first-order chi connectivity index (χ1) is 7.15. The Morgan fingerprint density at radius 3 is 2.73 bits per heavy atom. The van der Waals surface area contributed by atoms with Gasteiger partial charge in [0.05, 0.1) is 0 Å². The second kappa shape index (κ2) is 4.29. The molecule has 0 saturated heterocycles. The number of fused-ring (bicyclic) bond motifs is 2. The molecule has 1 heteroatoms. The maximum atomic E-state index is 6.10. The quantitative estimate of drug-likeness (QED) is 0.686. The number of rotatable bonds is 5. The summed E-state index contributed by atoms with van der Waals surface area (Å²) in [5.41, 5.74) is 6.66. The first-order valence-corrected chi connectivity index (χ1v) is 6.60. The monoisotopic (exact) mass is 207 g/mol. The maximum Gasteiger partial charge on any atom is 0.00390 e. The van der Waals surface area contributed by atoms with Crippen molar-refractivity contribution in [1.82, 2.24) is 0 Å². The molecule has 86 valence electrons. The van der Waals surface area contributed by atoms with Gasteiger partial charge >= 0.3 is 0 Å². The summed E-state index contributed by atoms with van der Waals surface area (Å²) in [6.07, 6.45) is 13.1. The Morgan fingerprint density at radius 2 is 2.33 bits per heavy atom. The van der Waals surface area contributed by atoms with Crippen molar-refractivity contribution >= 4 is 0 Å². The third-order valence-corrected chi connectivity index (χ3v) is 4.48. The van der Waals surface area contributed by atoms with E-state index in [-0.39, 0.29) is 0 Å². The fourth-order valence-electron chi connectivity index (χ4n) is 3.55.